The van der Waals surface area contributed by atoms with Gasteiger partial charge >= 0.3 is 0 Å². The number of rotatable bonds is 14. The molecule has 1 aliphatic rings. The lowest BCUT2D eigenvalue weighted by atomic mass is 10.1. The van der Waals surface area contributed by atoms with E-state index in [2.05, 4.69) is 18.7 Å². The summed E-state index contributed by atoms with van der Waals surface area (Å²) in [6.07, 6.45) is 8.25. The van der Waals surface area contributed by atoms with Crippen LogP contribution < -0.4 is 0 Å². The van der Waals surface area contributed by atoms with E-state index in [1.54, 1.807) is 0 Å². The molecule has 5 unspecified atom stereocenters. The first-order valence-electron chi connectivity index (χ1n) is 10.4. The van der Waals surface area contributed by atoms with Crippen LogP contribution in [0.15, 0.2) is 0 Å². The van der Waals surface area contributed by atoms with Gasteiger partial charge in [0.25, 0.3) is 0 Å². The molecule has 0 aromatic heterocycles. The summed E-state index contributed by atoms with van der Waals surface area (Å²) in [7, 11) is 2.00. The molecule has 1 rings (SSSR count). The fourth-order valence-corrected chi connectivity index (χ4v) is 3.77. The van der Waals surface area contributed by atoms with E-state index in [0.717, 1.165) is 38.6 Å². The fraction of sp³-hybridized carbons (Fsp3) is 1.00. The Kier molecular flexibility index (Phi) is 11.9. The van der Waals surface area contributed by atoms with Crippen LogP contribution in [0.3, 0.4) is 0 Å². The topological polar surface area (TPSA) is 73.2 Å². The lowest BCUT2D eigenvalue weighted by Gasteiger charge is -2.32. The minimum Gasteiger partial charge on any atom is -0.391 e. The summed E-state index contributed by atoms with van der Waals surface area (Å²) in [5.74, 6) is 0. The van der Waals surface area contributed by atoms with Crippen molar-refractivity contribution in [3.8, 4) is 0 Å². The van der Waals surface area contributed by atoms with Crippen molar-refractivity contribution >= 4 is 0 Å². The third kappa shape index (κ3) is 8.35. The van der Waals surface area contributed by atoms with Crippen LogP contribution in [0.5, 0.6) is 0 Å². The zero-order chi connectivity index (χ0) is 18.7. The molecule has 1 aliphatic carbocycles. The van der Waals surface area contributed by atoms with Gasteiger partial charge in [-0.2, -0.15) is 0 Å². The van der Waals surface area contributed by atoms with Gasteiger partial charge in [-0.05, 0) is 26.4 Å². The van der Waals surface area contributed by atoms with Gasteiger partial charge < -0.3 is 20.1 Å². The summed E-state index contributed by atoms with van der Waals surface area (Å²) in [5, 5.41) is 30.6. The standard InChI is InChI=1S/C20H41NO4/c1-4-6-8-9-11-13-21(3)19-17(23)14-18(24)20(19)25-15-16(22)12-10-7-5-2/h16-20,22-24H,4-15H2,1-3H3. The summed E-state index contributed by atoms with van der Waals surface area (Å²) in [4.78, 5) is 2.13. The maximum Gasteiger partial charge on any atom is 0.102 e. The summed E-state index contributed by atoms with van der Waals surface area (Å²) in [5.41, 5.74) is 0. The summed E-state index contributed by atoms with van der Waals surface area (Å²) >= 11 is 0. The zero-order valence-corrected chi connectivity index (χ0v) is 16.6. The summed E-state index contributed by atoms with van der Waals surface area (Å²) < 4.78 is 5.86. The average molecular weight is 360 g/mol. The monoisotopic (exact) mass is 359 g/mol. The van der Waals surface area contributed by atoms with E-state index < -0.39 is 24.4 Å². The molecule has 3 N–H and O–H groups in total. The number of hydrogen-bond acceptors (Lipinski definition) is 5. The first kappa shape index (κ1) is 22.8. The molecule has 150 valence electrons. The average Bonchev–Trinajstić information content (AvgIpc) is 2.86. The maximum absolute atomic E-state index is 10.3. The van der Waals surface area contributed by atoms with Crippen LogP contribution in [-0.4, -0.2) is 70.9 Å². The van der Waals surface area contributed by atoms with Gasteiger partial charge in [-0.25, -0.2) is 0 Å². The van der Waals surface area contributed by atoms with Crippen molar-refractivity contribution in [1.29, 1.82) is 0 Å². The highest BCUT2D eigenvalue weighted by Crippen LogP contribution is 2.28. The third-order valence-electron chi connectivity index (χ3n) is 5.34. The van der Waals surface area contributed by atoms with Gasteiger partial charge in [0.05, 0.1) is 31.0 Å². The second-order valence-corrected chi connectivity index (χ2v) is 7.70. The van der Waals surface area contributed by atoms with E-state index in [-0.39, 0.29) is 12.6 Å². The summed E-state index contributed by atoms with van der Waals surface area (Å²) in [6.45, 7) is 5.49. The molecule has 0 aliphatic heterocycles. The highest BCUT2D eigenvalue weighted by molar-refractivity contribution is 4.98. The van der Waals surface area contributed by atoms with Crippen LogP contribution in [0.2, 0.25) is 0 Å². The Labute approximate surface area is 154 Å². The molecule has 0 saturated heterocycles. The van der Waals surface area contributed by atoms with Crippen LogP contribution in [0, 0.1) is 0 Å². The fourth-order valence-electron chi connectivity index (χ4n) is 3.77. The Morgan fingerprint density at radius 3 is 2.28 bits per heavy atom. The molecule has 0 amide bonds. The number of nitrogens with zero attached hydrogens (tertiary/aromatic N) is 1. The first-order chi connectivity index (χ1) is 12.0. The van der Waals surface area contributed by atoms with Gasteiger partial charge in [0.2, 0.25) is 0 Å². The highest BCUT2D eigenvalue weighted by atomic mass is 16.5. The molecule has 0 spiro atoms. The van der Waals surface area contributed by atoms with Gasteiger partial charge in [-0.1, -0.05) is 58.8 Å². The Hall–Kier alpha value is -0.200. The van der Waals surface area contributed by atoms with E-state index in [0.29, 0.717) is 6.42 Å². The van der Waals surface area contributed by atoms with E-state index in [1.807, 2.05) is 7.05 Å². The normalized spacial score (nSPS) is 28.0. The lowest BCUT2D eigenvalue weighted by molar-refractivity contribution is -0.0834. The Bertz CT molecular complexity index is 329. The maximum atomic E-state index is 10.3. The molecule has 0 aromatic carbocycles. The van der Waals surface area contributed by atoms with Crippen LogP contribution in [0.4, 0.5) is 0 Å². The third-order valence-corrected chi connectivity index (χ3v) is 5.34. The summed E-state index contributed by atoms with van der Waals surface area (Å²) in [6, 6.07) is -0.191. The second-order valence-electron chi connectivity index (χ2n) is 7.70. The molecular weight excluding hydrogens is 318 g/mol. The van der Waals surface area contributed by atoms with Gasteiger partial charge in [-0.15, -0.1) is 0 Å². The molecule has 0 aromatic rings. The molecule has 25 heavy (non-hydrogen) atoms. The molecule has 5 nitrogen and oxygen atoms in total. The number of hydrogen-bond donors (Lipinski definition) is 3. The van der Waals surface area contributed by atoms with Crippen molar-refractivity contribution in [2.75, 3.05) is 20.2 Å². The lowest BCUT2D eigenvalue weighted by Crippen LogP contribution is -2.48. The predicted octanol–water partition coefficient (Wildman–Crippen LogP) is 2.71. The van der Waals surface area contributed by atoms with Crippen molar-refractivity contribution in [2.45, 2.75) is 109 Å². The second kappa shape index (κ2) is 13.0. The Balaban J connectivity index is 2.40. The quantitative estimate of drug-likeness (QED) is 0.416. The SMILES string of the molecule is CCCCCCCN(C)C1C(O)CC(O)C1OCC(O)CCCCC. The van der Waals surface area contributed by atoms with Crippen molar-refractivity contribution in [2.24, 2.45) is 0 Å². The number of aliphatic hydroxyl groups is 3. The van der Waals surface area contributed by atoms with E-state index >= 15 is 0 Å². The van der Waals surface area contributed by atoms with E-state index in [1.165, 1.54) is 25.7 Å². The Morgan fingerprint density at radius 2 is 1.60 bits per heavy atom. The van der Waals surface area contributed by atoms with Gasteiger partial charge in [0.1, 0.15) is 6.10 Å². The molecule has 5 heteroatoms. The minimum absolute atomic E-state index is 0.191. The van der Waals surface area contributed by atoms with Crippen LogP contribution >= 0.6 is 0 Å². The molecule has 0 bridgehead atoms. The molecule has 1 fully saturated rings. The van der Waals surface area contributed by atoms with Gasteiger partial charge in [0.15, 0.2) is 0 Å². The van der Waals surface area contributed by atoms with E-state index in [4.69, 9.17) is 4.74 Å². The first-order valence-corrected chi connectivity index (χ1v) is 10.4. The number of likely N-dealkylation sites (N-methyl/N-ethyl adjacent to an activating group) is 1. The van der Waals surface area contributed by atoms with Crippen molar-refractivity contribution in [1.82, 2.24) is 4.90 Å². The molecule has 1 saturated carbocycles. The van der Waals surface area contributed by atoms with Crippen LogP contribution in [0.25, 0.3) is 0 Å². The number of ether oxygens (including phenoxy) is 1. The smallest absolute Gasteiger partial charge is 0.102 e. The van der Waals surface area contributed by atoms with Crippen molar-refractivity contribution < 1.29 is 20.1 Å². The van der Waals surface area contributed by atoms with Crippen LogP contribution in [-0.2, 0) is 4.74 Å². The molecule has 5 atom stereocenters. The van der Waals surface area contributed by atoms with E-state index in [9.17, 15) is 15.3 Å². The zero-order valence-electron chi connectivity index (χ0n) is 16.6. The number of unbranched alkanes of at least 4 members (excludes halogenated alkanes) is 6. The van der Waals surface area contributed by atoms with Crippen LogP contribution in [0.1, 0.15) is 78.1 Å². The molecule has 0 radical (unpaired) electrons. The number of aliphatic hydroxyl groups excluding tert-OH is 3. The van der Waals surface area contributed by atoms with Crippen molar-refractivity contribution in [3.63, 3.8) is 0 Å². The predicted molar refractivity (Wildman–Crippen MR) is 102 cm³/mol. The van der Waals surface area contributed by atoms with Gasteiger partial charge in [-0.3, -0.25) is 4.90 Å². The largest absolute Gasteiger partial charge is 0.391 e. The minimum atomic E-state index is -0.662. The van der Waals surface area contributed by atoms with Gasteiger partial charge in [0, 0.05) is 6.42 Å². The molecule has 0 heterocycles. The van der Waals surface area contributed by atoms with Crippen molar-refractivity contribution in [3.05, 3.63) is 0 Å². The highest BCUT2D eigenvalue weighted by Gasteiger charge is 2.44. The molecular formula is C20H41NO4. The Morgan fingerprint density at radius 1 is 0.960 bits per heavy atom.